The van der Waals surface area contributed by atoms with Crippen LogP contribution in [-0.4, -0.2) is 17.6 Å². The van der Waals surface area contributed by atoms with Crippen molar-refractivity contribution in [3.05, 3.63) is 58.5 Å². The number of hydrogen-bond acceptors (Lipinski definition) is 4. The quantitative estimate of drug-likeness (QED) is 0.806. The normalized spacial score (nSPS) is 10.1. The summed E-state index contributed by atoms with van der Waals surface area (Å²) in [5.41, 5.74) is 6.08. The first-order valence-electron chi connectivity index (χ1n) is 5.30. The summed E-state index contributed by atoms with van der Waals surface area (Å²) in [5, 5.41) is 0. The highest BCUT2D eigenvalue weighted by molar-refractivity contribution is 5.93. The Hall–Kier alpha value is -2.56. The van der Waals surface area contributed by atoms with Crippen LogP contribution in [0.25, 0.3) is 5.69 Å². The van der Waals surface area contributed by atoms with Gasteiger partial charge in [-0.2, -0.15) is 0 Å². The van der Waals surface area contributed by atoms with Gasteiger partial charge in [0.05, 0.1) is 24.0 Å². The predicted octanol–water partition coefficient (Wildman–Crippen LogP) is 1.21. The number of methoxy groups -OCH3 is 1. The van der Waals surface area contributed by atoms with E-state index in [4.69, 9.17) is 5.73 Å². The Kier molecular flexibility index (Phi) is 3.14. The highest BCUT2D eigenvalue weighted by atomic mass is 16.5. The van der Waals surface area contributed by atoms with Gasteiger partial charge in [0.15, 0.2) is 0 Å². The van der Waals surface area contributed by atoms with Gasteiger partial charge < -0.3 is 10.5 Å². The van der Waals surface area contributed by atoms with E-state index in [1.165, 1.54) is 17.7 Å². The van der Waals surface area contributed by atoms with Gasteiger partial charge in [0.2, 0.25) is 0 Å². The maximum absolute atomic E-state index is 11.9. The molecule has 0 aliphatic carbocycles. The third kappa shape index (κ3) is 1.98. The number of carbonyl (C=O) groups excluding carboxylic acids is 1. The van der Waals surface area contributed by atoms with Crippen molar-refractivity contribution in [3.8, 4) is 5.69 Å². The van der Waals surface area contributed by atoms with Gasteiger partial charge in [0.1, 0.15) is 0 Å². The van der Waals surface area contributed by atoms with Crippen LogP contribution in [0.4, 0.5) is 5.69 Å². The van der Waals surface area contributed by atoms with Crippen LogP contribution in [0.15, 0.2) is 47.4 Å². The van der Waals surface area contributed by atoms with Crippen LogP contribution in [0.2, 0.25) is 0 Å². The second-order valence-electron chi connectivity index (χ2n) is 3.65. The standard InChI is InChI=1S/C13H12N2O3/c1-18-13(17)9-5-2-3-7-11(9)15-8-4-6-10(14)12(15)16/h2-8H,14H2,1H3. The fourth-order valence-corrected chi connectivity index (χ4v) is 1.67. The van der Waals surface area contributed by atoms with Crippen molar-refractivity contribution in [1.82, 2.24) is 4.57 Å². The molecule has 0 amide bonds. The van der Waals surface area contributed by atoms with Crippen molar-refractivity contribution in [1.29, 1.82) is 0 Å². The van der Waals surface area contributed by atoms with Crippen LogP contribution in [-0.2, 0) is 4.74 Å². The first-order valence-corrected chi connectivity index (χ1v) is 5.30. The molecule has 1 aromatic heterocycles. The van der Waals surface area contributed by atoms with E-state index in [9.17, 15) is 9.59 Å². The molecule has 1 heterocycles. The number of ether oxygens (including phenoxy) is 1. The Morgan fingerprint density at radius 3 is 2.67 bits per heavy atom. The summed E-state index contributed by atoms with van der Waals surface area (Å²) >= 11 is 0. The number of anilines is 1. The summed E-state index contributed by atoms with van der Waals surface area (Å²) in [6.07, 6.45) is 1.56. The Morgan fingerprint density at radius 1 is 1.22 bits per heavy atom. The Labute approximate surface area is 103 Å². The van der Waals surface area contributed by atoms with Crippen molar-refractivity contribution < 1.29 is 9.53 Å². The molecule has 2 rings (SSSR count). The molecular weight excluding hydrogens is 232 g/mol. The molecule has 5 nitrogen and oxygen atoms in total. The average molecular weight is 244 g/mol. The van der Waals surface area contributed by atoms with Crippen molar-refractivity contribution in [2.75, 3.05) is 12.8 Å². The number of hydrogen-bond donors (Lipinski definition) is 1. The van der Waals surface area contributed by atoms with Crippen LogP contribution in [0.5, 0.6) is 0 Å². The molecule has 0 bridgehead atoms. The lowest BCUT2D eigenvalue weighted by atomic mass is 10.1. The number of esters is 1. The van der Waals surface area contributed by atoms with E-state index >= 15 is 0 Å². The molecule has 0 radical (unpaired) electrons. The number of rotatable bonds is 2. The Balaban J connectivity index is 2.68. The second-order valence-corrected chi connectivity index (χ2v) is 3.65. The molecule has 0 unspecified atom stereocenters. The molecule has 5 heteroatoms. The van der Waals surface area contributed by atoms with Crippen molar-refractivity contribution >= 4 is 11.7 Å². The Bertz CT molecular complexity index is 647. The zero-order valence-electron chi connectivity index (χ0n) is 9.79. The molecule has 92 valence electrons. The van der Waals surface area contributed by atoms with Gasteiger partial charge in [-0.05, 0) is 24.3 Å². The fraction of sp³-hybridized carbons (Fsp3) is 0.0769. The lowest BCUT2D eigenvalue weighted by Crippen LogP contribution is -2.22. The van der Waals surface area contributed by atoms with E-state index in [2.05, 4.69) is 4.74 Å². The third-order valence-corrected chi connectivity index (χ3v) is 2.55. The minimum absolute atomic E-state index is 0.122. The summed E-state index contributed by atoms with van der Waals surface area (Å²) in [6.45, 7) is 0. The smallest absolute Gasteiger partial charge is 0.339 e. The maximum atomic E-state index is 11.9. The zero-order chi connectivity index (χ0) is 13.1. The highest BCUT2D eigenvalue weighted by Gasteiger charge is 2.13. The number of benzene rings is 1. The third-order valence-electron chi connectivity index (χ3n) is 2.55. The lowest BCUT2D eigenvalue weighted by molar-refractivity contribution is 0.0600. The predicted molar refractivity (Wildman–Crippen MR) is 67.8 cm³/mol. The largest absolute Gasteiger partial charge is 0.465 e. The number of aromatic nitrogens is 1. The summed E-state index contributed by atoms with van der Waals surface area (Å²) < 4.78 is 6.00. The summed E-state index contributed by atoms with van der Waals surface area (Å²) in [7, 11) is 1.29. The Morgan fingerprint density at radius 2 is 1.94 bits per heavy atom. The molecule has 0 aliphatic rings. The SMILES string of the molecule is COC(=O)c1ccccc1-n1cccc(N)c1=O. The molecular formula is C13H12N2O3. The zero-order valence-corrected chi connectivity index (χ0v) is 9.79. The molecule has 2 aromatic rings. The number of nitrogen functional groups attached to an aromatic ring is 1. The van der Waals surface area contributed by atoms with Gasteiger partial charge >= 0.3 is 5.97 Å². The average Bonchev–Trinajstić information content (AvgIpc) is 2.41. The van der Waals surface area contributed by atoms with Crippen LogP contribution in [0.3, 0.4) is 0 Å². The van der Waals surface area contributed by atoms with Crippen LogP contribution < -0.4 is 11.3 Å². The van der Waals surface area contributed by atoms with Crippen LogP contribution in [0, 0.1) is 0 Å². The van der Waals surface area contributed by atoms with E-state index in [0.717, 1.165) is 0 Å². The van der Waals surface area contributed by atoms with E-state index in [0.29, 0.717) is 11.3 Å². The van der Waals surface area contributed by atoms with Gasteiger partial charge in [-0.3, -0.25) is 9.36 Å². The molecule has 0 saturated carbocycles. The number of para-hydroxylation sites is 1. The minimum Gasteiger partial charge on any atom is -0.465 e. The van der Waals surface area contributed by atoms with E-state index in [-0.39, 0.29) is 11.2 Å². The number of nitrogens with two attached hydrogens (primary N) is 1. The topological polar surface area (TPSA) is 74.3 Å². The molecule has 0 atom stereocenters. The van der Waals surface area contributed by atoms with Crippen molar-refractivity contribution in [2.45, 2.75) is 0 Å². The first-order chi connectivity index (χ1) is 8.65. The molecule has 1 aromatic carbocycles. The monoisotopic (exact) mass is 244 g/mol. The first kappa shape index (κ1) is 11.9. The van der Waals surface area contributed by atoms with Gasteiger partial charge in [0, 0.05) is 6.20 Å². The van der Waals surface area contributed by atoms with Crippen LogP contribution in [0.1, 0.15) is 10.4 Å². The highest BCUT2D eigenvalue weighted by Crippen LogP contribution is 2.14. The molecule has 18 heavy (non-hydrogen) atoms. The summed E-state index contributed by atoms with van der Waals surface area (Å²) in [5.74, 6) is -0.500. The molecule has 0 fully saturated rings. The van der Waals surface area contributed by atoms with Crippen molar-refractivity contribution in [2.24, 2.45) is 0 Å². The van der Waals surface area contributed by atoms with Crippen molar-refractivity contribution in [3.63, 3.8) is 0 Å². The van der Waals surface area contributed by atoms with Crippen LogP contribution >= 0.6 is 0 Å². The maximum Gasteiger partial charge on any atom is 0.339 e. The lowest BCUT2D eigenvalue weighted by Gasteiger charge is -2.10. The second kappa shape index (κ2) is 4.75. The molecule has 2 N–H and O–H groups in total. The number of pyridine rings is 1. The van der Waals surface area contributed by atoms with Gasteiger partial charge in [-0.1, -0.05) is 12.1 Å². The fourth-order valence-electron chi connectivity index (χ4n) is 1.67. The number of nitrogens with zero attached hydrogens (tertiary/aromatic N) is 1. The van der Waals surface area contributed by atoms with Gasteiger partial charge in [-0.25, -0.2) is 4.79 Å². The van der Waals surface area contributed by atoms with E-state index < -0.39 is 5.97 Å². The van der Waals surface area contributed by atoms with Gasteiger partial charge in [0.25, 0.3) is 5.56 Å². The molecule has 0 saturated heterocycles. The summed E-state index contributed by atoms with van der Waals surface area (Å²) in [6, 6.07) is 9.85. The van der Waals surface area contributed by atoms with E-state index in [1.54, 1.807) is 36.5 Å². The summed E-state index contributed by atoms with van der Waals surface area (Å²) in [4.78, 5) is 23.6. The molecule has 0 spiro atoms. The van der Waals surface area contributed by atoms with Gasteiger partial charge in [-0.15, -0.1) is 0 Å². The van der Waals surface area contributed by atoms with E-state index in [1.807, 2.05) is 0 Å². The number of carbonyl (C=O) groups is 1. The minimum atomic E-state index is -0.500. The molecule has 0 aliphatic heterocycles.